The van der Waals surface area contributed by atoms with Crippen LogP contribution in [0.15, 0.2) is 71.6 Å². The van der Waals surface area contributed by atoms with Crippen molar-refractivity contribution in [3.63, 3.8) is 0 Å². The fraction of sp³-hybridized carbons (Fsp3) is 0.174. The van der Waals surface area contributed by atoms with Gasteiger partial charge in [0, 0.05) is 10.7 Å². The van der Waals surface area contributed by atoms with Crippen LogP contribution >= 0.6 is 11.6 Å². The number of anilines is 2. The van der Waals surface area contributed by atoms with Gasteiger partial charge in [-0.05, 0) is 61.5 Å². The molecule has 12 heteroatoms. The predicted octanol–water partition coefficient (Wildman–Crippen LogP) is 5.14. The third-order valence-corrected chi connectivity index (χ3v) is 7.08. The molecule has 1 N–H and O–H groups in total. The van der Waals surface area contributed by atoms with Gasteiger partial charge in [0.1, 0.15) is 11.5 Å². The van der Waals surface area contributed by atoms with Gasteiger partial charge in [0.05, 0.1) is 17.1 Å². The van der Waals surface area contributed by atoms with Crippen molar-refractivity contribution in [3.05, 3.63) is 77.3 Å². The number of nitrogens with one attached hydrogen (secondary N) is 1. The molecular weight excluding hydrogens is 509 g/mol. The van der Waals surface area contributed by atoms with Crippen LogP contribution in [-0.4, -0.2) is 33.3 Å². The molecule has 3 aromatic rings. The van der Waals surface area contributed by atoms with E-state index in [1.807, 2.05) is 6.92 Å². The van der Waals surface area contributed by atoms with Gasteiger partial charge >= 0.3 is 6.36 Å². The maximum atomic E-state index is 13.4. The molecule has 1 heterocycles. The zero-order chi connectivity index (χ0) is 25.4. The Morgan fingerprint density at radius 1 is 1.09 bits per heavy atom. The van der Waals surface area contributed by atoms with Crippen LogP contribution in [0.1, 0.15) is 5.56 Å². The van der Waals surface area contributed by atoms with Gasteiger partial charge in [0.2, 0.25) is 0 Å². The van der Waals surface area contributed by atoms with E-state index in [0.717, 1.165) is 22.0 Å². The van der Waals surface area contributed by atoms with Crippen molar-refractivity contribution < 1.29 is 35.9 Å². The van der Waals surface area contributed by atoms with E-state index in [1.165, 1.54) is 42.5 Å². The van der Waals surface area contributed by atoms with E-state index >= 15 is 0 Å². The van der Waals surface area contributed by atoms with E-state index in [-0.39, 0.29) is 33.6 Å². The van der Waals surface area contributed by atoms with E-state index in [2.05, 4.69) is 10.1 Å². The number of nitrogens with zero attached hydrogens (tertiary/aromatic N) is 1. The number of aryl methyl sites for hydroxylation is 1. The Bertz CT molecular complexity index is 1350. The van der Waals surface area contributed by atoms with Crippen molar-refractivity contribution in [2.24, 2.45) is 0 Å². The average molecular weight is 527 g/mol. The standard InChI is InChI=1S/C23H18ClF3N2O5S/c1-14-2-9-18(10-3-14)35(31,32)29-13-21(33-20-11-4-15(24)12-19(20)29)22(30)28-16-5-7-17(8-6-16)34-23(25,26)27/h2-12,21H,13H2,1H3,(H,28,30)/t21-/m1/s1. The zero-order valence-electron chi connectivity index (χ0n) is 18.0. The van der Waals surface area contributed by atoms with Crippen LogP contribution in [0.25, 0.3) is 0 Å². The molecule has 184 valence electrons. The number of rotatable bonds is 5. The number of benzene rings is 3. The molecule has 0 unspecified atom stereocenters. The van der Waals surface area contributed by atoms with E-state index < -0.39 is 34.1 Å². The largest absolute Gasteiger partial charge is 0.573 e. The minimum atomic E-state index is -4.84. The molecule has 0 bridgehead atoms. The van der Waals surface area contributed by atoms with E-state index in [1.54, 1.807) is 12.1 Å². The lowest BCUT2D eigenvalue weighted by molar-refractivity contribution is -0.274. The molecule has 0 fully saturated rings. The van der Waals surface area contributed by atoms with Gasteiger partial charge in [-0.3, -0.25) is 9.10 Å². The number of ether oxygens (including phenoxy) is 2. The molecule has 1 aliphatic rings. The highest BCUT2D eigenvalue weighted by atomic mass is 35.5. The molecule has 7 nitrogen and oxygen atoms in total. The summed E-state index contributed by atoms with van der Waals surface area (Å²) in [6.07, 6.45) is -6.10. The van der Waals surface area contributed by atoms with Gasteiger partial charge in [-0.1, -0.05) is 29.3 Å². The highest BCUT2D eigenvalue weighted by Gasteiger charge is 2.38. The second-order valence-electron chi connectivity index (χ2n) is 7.63. The smallest absolute Gasteiger partial charge is 0.476 e. The molecule has 0 saturated heterocycles. The van der Waals surface area contributed by atoms with E-state index in [4.69, 9.17) is 16.3 Å². The number of hydrogen-bond donors (Lipinski definition) is 1. The van der Waals surface area contributed by atoms with Crippen LogP contribution in [0.4, 0.5) is 24.5 Å². The van der Waals surface area contributed by atoms with Crippen molar-refractivity contribution in [1.29, 1.82) is 0 Å². The van der Waals surface area contributed by atoms with Gasteiger partial charge in [-0.2, -0.15) is 0 Å². The average Bonchev–Trinajstić information content (AvgIpc) is 2.79. The second kappa shape index (κ2) is 9.31. The summed E-state index contributed by atoms with van der Waals surface area (Å²) in [4.78, 5) is 12.9. The summed E-state index contributed by atoms with van der Waals surface area (Å²) in [7, 11) is -4.08. The number of fused-ring (bicyclic) bond motifs is 1. The summed E-state index contributed by atoms with van der Waals surface area (Å²) in [6, 6.07) is 15.1. The monoisotopic (exact) mass is 526 g/mol. The van der Waals surface area contributed by atoms with Crippen LogP contribution in [0.2, 0.25) is 5.02 Å². The summed E-state index contributed by atoms with van der Waals surface area (Å²) in [5, 5.41) is 2.79. The number of sulfonamides is 1. The van der Waals surface area contributed by atoms with E-state index in [0.29, 0.717) is 0 Å². The Balaban J connectivity index is 1.59. The first kappa shape index (κ1) is 24.7. The van der Waals surface area contributed by atoms with Crippen molar-refractivity contribution in [2.45, 2.75) is 24.3 Å². The van der Waals surface area contributed by atoms with Crippen molar-refractivity contribution in [2.75, 3.05) is 16.2 Å². The molecule has 1 aliphatic heterocycles. The first-order valence-electron chi connectivity index (χ1n) is 10.1. The fourth-order valence-electron chi connectivity index (χ4n) is 3.39. The molecule has 1 amide bonds. The molecule has 4 rings (SSSR count). The van der Waals surface area contributed by atoms with E-state index in [9.17, 15) is 26.4 Å². The Kier molecular flexibility index (Phi) is 6.56. The summed E-state index contributed by atoms with van der Waals surface area (Å²) in [5.41, 5.74) is 1.22. The summed E-state index contributed by atoms with van der Waals surface area (Å²) < 4.78 is 74.5. The third-order valence-electron chi connectivity index (χ3n) is 5.05. The first-order chi connectivity index (χ1) is 16.4. The predicted molar refractivity (Wildman–Crippen MR) is 123 cm³/mol. The van der Waals surface area contributed by atoms with Gasteiger partial charge in [0.25, 0.3) is 15.9 Å². The van der Waals surface area contributed by atoms with Crippen molar-refractivity contribution in [3.8, 4) is 11.5 Å². The van der Waals surface area contributed by atoms with Crippen LogP contribution in [-0.2, 0) is 14.8 Å². The van der Waals surface area contributed by atoms with Crippen molar-refractivity contribution >= 4 is 38.9 Å². The lowest BCUT2D eigenvalue weighted by atomic mass is 10.2. The minimum Gasteiger partial charge on any atom is -0.476 e. The summed E-state index contributed by atoms with van der Waals surface area (Å²) in [6.45, 7) is 1.47. The summed E-state index contributed by atoms with van der Waals surface area (Å²) >= 11 is 6.08. The maximum Gasteiger partial charge on any atom is 0.573 e. The normalized spacial score (nSPS) is 15.7. The van der Waals surface area contributed by atoms with Gasteiger partial charge in [-0.25, -0.2) is 8.42 Å². The highest BCUT2D eigenvalue weighted by Crippen LogP contribution is 2.39. The van der Waals surface area contributed by atoms with Crippen molar-refractivity contribution in [1.82, 2.24) is 0 Å². The molecule has 3 aromatic carbocycles. The molecule has 0 radical (unpaired) electrons. The minimum absolute atomic E-state index is 0.0235. The van der Waals surface area contributed by atoms with Crippen LogP contribution in [0.5, 0.6) is 11.5 Å². The van der Waals surface area contributed by atoms with Gasteiger partial charge in [0.15, 0.2) is 6.10 Å². The number of halogens is 4. The lowest BCUT2D eigenvalue weighted by Crippen LogP contribution is -2.48. The molecular formula is C23H18ClF3N2O5S. The van der Waals surface area contributed by atoms with Crippen LogP contribution in [0, 0.1) is 6.92 Å². The molecule has 0 spiro atoms. The maximum absolute atomic E-state index is 13.4. The van der Waals surface area contributed by atoms with Gasteiger partial charge < -0.3 is 14.8 Å². The number of amides is 1. The molecule has 0 saturated carbocycles. The SMILES string of the molecule is Cc1ccc(S(=O)(=O)N2C[C@H](C(=O)Nc3ccc(OC(F)(F)F)cc3)Oc3ccc(Cl)cc32)cc1. The lowest BCUT2D eigenvalue weighted by Gasteiger charge is -2.35. The highest BCUT2D eigenvalue weighted by molar-refractivity contribution is 7.92. The molecule has 1 atom stereocenters. The molecule has 0 aliphatic carbocycles. The number of hydrogen-bond acceptors (Lipinski definition) is 5. The first-order valence-corrected chi connectivity index (χ1v) is 12.0. The third kappa shape index (κ3) is 5.63. The second-order valence-corrected chi connectivity index (χ2v) is 9.93. The Morgan fingerprint density at radius 3 is 2.37 bits per heavy atom. The zero-order valence-corrected chi connectivity index (χ0v) is 19.6. The Labute approximate surface area is 204 Å². The number of carbonyl (C=O) groups excluding carboxylic acids is 1. The Morgan fingerprint density at radius 2 is 1.74 bits per heavy atom. The van der Waals surface area contributed by atoms with Crippen LogP contribution < -0.4 is 19.1 Å². The number of alkyl halides is 3. The fourth-order valence-corrected chi connectivity index (χ4v) is 5.02. The molecule has 35 heavy (non-hydrogen) atoms. The molecule has 0 aromatic heterocycles. The van der Waals surface area contributed by atoms with Crippen LogP contribution in [0.3, 0.4) is 0 Å². The Hall–Kier alpha value is -3.44. The quantitative estimate of drug-likeness (QED) is 0.497. The van der Waals surface area contributed by atoms with Gasteiger partial charge in [-0.15, -0.1) is 13.2 Å². The number of carbonyl (C=O) groups is 1. The summed E-state index contributed by atoms with van der Waals surface area (Å²) in [5.74, 6) is -1.02. The topological polar surface area (TPSA) is 84.9 Å².